The van der Waals surface area contributed by atoms with Gasteiger partial charge < -0.3 is 11.5 Å². The minimum Gasteiger partial charge on any atom is -0.398 e. The number of primary amides is 1. The van der Waals surface area contributed by atoms with Crippen molar-refractivity contribution in [1.82, 2.24) is 0 Å². The van der Waals surface area contributed by atoms with Crippen LogP contribution in [-0.2, 0) is 15.6 Å². The molecule has 0 aromatic heterocycles. The minimum atomic E-state index is -1.47. The molecule has 0 saturated heterocycles. The first kappa shape index (κ1) is 12.7. The van der Waals surface area contributed by atoms with Crippen molar-refractivity contribution >= 4 is 22.4 Å². The maximum atomic E-state index is 12.1. The van der Waals surface area contributed by atoms with Crippen LogP contribution in [0.15, 0.2) is 23.1 Å². The van der Waals surface area contributed by atoms with Crippen LogP contribution in [0, 0.1) is 6.92 Å². The highest BCUT2D eigenvalue weighted by Crippen LogP contribution is 2.23. The van der Waals surface area contributed by atoms with Crippen molar-refractivity contribution in [1.29, 1.82) is 0 Å². The van der Waals surface area contributed by atoms with E-state index < -0.39 is 22.0 Å². The number of carbonyl (C=O) groups is 1. The Morgan fingerprint density at radius 1 is 1.50 bits per heavy atom. The molecule has 0 radical (unpaired) electrons. The third-order valence-corrected chi connectivity index (χ3v) is 4.32. The average Bonchev–Trinajstić information content (AvgIpc) is 2.22. The Labute approximate surface area is 97.5 Å². The van der Waals surface area contributed by atoms with Crippen LogP contribution in [0.25, 0.3) is 0 Å². The molecule has 1 amide bonds. The molecule has 5 heteroatoms. The number of aryl methyl sites for hydroxylation is 1. The molecule has 0 saturated carbocycles. The molecule has 0 aliphatic rings. The van der Waals surface area contributed by atoms with E-state index in [1.54, 1.807) is 19.1 Å². The Morgan fingerprint density at radius 2 is 2.12 bits per heavy atom. The zero-order valence-electron chi connectivity index (χ0n) is 9.40. The largest absolute Gasteiger partial charge is 0.398 e. The van der Waals surface area contributed by atoms with Gasteiger partial charge in [0.2, 0.25) is 5.91 Å². The number of amides is 1. The van der Waals surface area contributed by atoms with Crippen molar-refractivity contribution in [2.75, 3.05) is 5.73 Å². The standard InChI is InChI=1S/C11H16N2O2S/c1-3-8(11(13)14)16(15)9-6-4-5-7(2)10(9)12/h4-6,8H,3,12H2,1-2H3,(H2,13,14). The molecule has 88 valence electrons. The van der Waals surface area contributed by atoms with Gasteiger partial charge in [0.25, 0.3) is 0 Å². The molecule has 2 unspecified atom stereocenters. The van der Waals surface area contributed by atoms with E-state index in [9.17, 15) is 9.00 Å². The van der Waals surface area contributed by atoms with Gasteiger partial charge in [0.1, 0.15) is 5.25 Å². The van der Waals surface area contributed by atoms with Crippen molar-refractivity contribution in [2.45, 2.75) is 30.4 Å². The normalized spacial score (nSPS) is 14.4. The SMILES string of the molecule is CCC(C(N)=O)S(=O)c1cccc(C)c1N. The molecule has 0 spiro atoms. The molecule has 0 aliphatic carbocycles. The van der Waals surface area contributed by atoms with Gasteiger partial charge in [-0.3, -0.25) is 9.00 Å². The summed E-state index contributed by atoms with van der Waals surface area (Å²) >= 11 is 0. The van der Waals surface area contributed by atoms with E-state index in [0.29, 0.717) is 17.0 Å². The summed E-state index contributed by atoms with van der Waals surface area (Å²) in [5.74, 6) is -0.554. The second-order valence-corrected chi connectivity index (χ2v) is 5.19. The molecule has 0 heterocycles. The van der Waals surface area contributed by atoms with E-state index in [-0.39, 0.29) is 0 Å². The number of hydrogen-bond donors (Lipinski definition) is 2. The second-order valence-electron chi connectivity index (χ2n) is 3.58. The summed E-state index contributed by atoms with van der Waals surface area (Å²) in [5, 5.41) is -0.677. The van der Waals surface area contributed by atoms with Gasteiger partial charge in [-0.15, -0.1) is 0 Å². The lowest BCUT2D eigenvalue weighted by Gasteiger charge is -2.13. The molecule has 4 N–H and O–H groups in total. The quantitative estimate of drug-likeness (QED) is 0.768. The monoisotopic (exact) mass is 240 g/mol. The molecule has 0 bridgehead atoms. The van der Waals surface area contributed by atoms with E-state index in [0.717, 1.165) is 5.56 Å². The number of nitrogens with two attached hydrogens (primary N) is 2. The van der Waals surface area contributed by atoms with Gasteiger partial charge in [-0.25, -0.2) is 0 Å². The molecule has 0 aliphatic heterocycles. The van der Waals surface area contributed by atoms with Crippen molar-refractivity contribution < 1.29 is 9.00 Å². The zero-order chi connectivity index (χ0) is 12.3. The van der Waals surface area contributed by atoms with Crippen molar-refractivity contribution in [3.05, 3.63) is 23.8 Å². The van der Waals surface area contributed by atoms with Gasteiger partial charge in [-0.05, 0) is 25.0 Å². The highest BCUT2D eigenvalue weighted by molar-refractivity contribution is 7.86. The molecular formula is C11H16N2O2S. The molecule has 2 atom stereocenters. The summed E-state index contributed by atoms with van der Waals surface area (Å²) in [5.41, 5.74) is 12.4. The Morgan fingerprint density at radius 3 is 2.62 bits per heavy atom. The number of hydrogen-bond acceptors (Lipinski definition) is 3. The molecular weight excluding hydrogens is 224 g/mol. The van der Waals surface area contributed by atoms with E-state index >= 15 is 0 Å². The predicted octanol–water partition coefficient (Wildman–Crippen LogP) is 0.949. The zero-order valence-corrected chi connectivity index (χ0v) is 10.2. The molecule has 1 aromatic carbocycles. The summed E-state index contributed by atoms with van der Waals surface area (Å²) in [6, 6.07) is 5.28. The maximum Gasteiger partial charge on any atom is 0.233 e. The Balaban J connectivity index is 3.14. The van der Waals surface area contributed by atoms with Gasteiger partial charge >= 0.3 is 0 Å². The van der Waals surface area contributed by atoms with Crippen LogP contribution in [0.1, 0.15) is 18.9 Å². The Bertz CT molecular complexity index is 432. The lowest BCUT2D eigenvalue weighted by molar-refractivity contribution is -0.117. The number of anilines is 1. The van der Waals surface area contributed by atoms with Crippen LogP contribution in [0.3, 0.4) is 0 Å². The van der Waals surface area contributed by atoms with Crippen LogP contribution in [0.2, 0.25) is 0 Å². The van der Waals surface area contributed by atoms with E-state index in [1.165, 1.54) is 0 Å². The fourth-order valence-electron chi connectivity index (χ4n) is 1.44. The third kappa shape index (κ3) is 2.41. The highest BCUT2D eigenvalue weighted by atomic mass is 32.2. The first-order valence-corrected chi connectivity index (χ1v) is 6.25. The van der Waals surface area contributed by atoms with Crippen LogP contribution < -0.4 is 11.5 Å². The van der Waals surface area contributed by atoms with Gasteiger partial charge in [-0.2, -0.15) is 0 Å². The van der Waals surface area contributed by atoms with Crippen LogP contribution in [0.4, 0.5) is 5.69 Å². The maximum absolute atomic E-state index is 12.1. The summed E-state index contributed by atoms with van der Waals surface area (Å²) < 4.78 is 12.1. The lowest BCUT2D eigenvalue weighted by atomic mass is 10.2. The number of nitrogen functional groups attached to an aromatic ring is 1. The summed E-state index contributed by atoms with van der Waals surface area (Å²) in [7, 11) is -1.47. The number of rotatable bonds is 4. The number of benzene rings is 1. The van der Waals surface area contributed by atoms with Gasteiger partial charge in [-0.1, -0.05) is 19.1 Å². The van der Waals surface area contributed by atoms with Gasteiger partial charge in [0, 0.05) is 0 Å². The number of carbonyl (C=O) groups excluding carboxylic acids is 1. The molecule has 16 heavy (non-hydrogen) atoms. The highest BCUT2D eigenvalue weighted by Gasteiger charge is 2.23. The number of para-hydroxylation sites is 1. The third-order valence-electron chi connectivity index (χ3n) is 2.45. The fourth-order valence-corrected chi connectivity index (χ4v) is 2.85. The molecule has 1 aromatic rings. The van der Waals surface area contributed by atoms with Crippen LogP contribution >= 0.6 is 0 Å². The smallest absolute Gasteiger partial charge is 0.233 e. The summed E-state index contributed by atoms with van der Waals surface area (Å²) in [4.78, 5) is 11.6. The van der Waals surface area contributed by atoms with Crippen molar-refractivity contribution in [2.24, 2.45) is 5.73 Å². The molecule has 4 nitrogen and oxygen atoms in total. The molecule has 1 rings (SSSR count). The Hall–Kier alpha value is -1.36. The van der Waals surface area contributed by atoms with E-state index in [1.807, 2.05) is 13.0 Å². The van der Waals surface area contributed by atoms with Gasteiger partial charge in [0.15, 0.2) is 0 Å². The lowest BCUT2D eigenvalue weighted by Crippen LogP contribution is -2.32. The second kappa shape index (κ2) is 5.12. The fraction of sp³-hybridized carbons (Fsp3) is 0.364. The van der Waals surface area contributed by atoms with E-state index in [4.69, 9.17) is 11.5 Å². The first-order valence-electron chi connectivity index (χ1n) is 5.04. The first-order chi connectivity index (χ1) is 7.49. The van der Waals surface area contributed by atoms with Crippen molar-refractivity contribution in [3.63, 3.8) is 0 Å². The summed E-state index contributed by atoms with van der Waals surface area (Å²) in [6.45, 7) is 3.61. The van der Waals surface area contributed by atoms with Crippen LogP contribution in [-0.4, -0.2) is 15.4 Å². The van der Waals surface area contributed by atoms with E-state index in [2.05, 4.69) is 0 Å². The van der Waals surface area contributed by atoms with Crippen LogP contribution in [0.5, 0.6) is 0 Å². The summed E-state index contributed by atoms with van der Waals surface area (Å²) in [6.07, 6.45) is 0.440. The molecule has 0 fully saturated rings. The van der Waals surface area contributed by atoms with Crippen molar-refractivity contribution in [3.8, 4) is 0 Å². The minimum absolute atomic E-state index is 0.440. The van der Waals surface area contributed by atoms with Gasteiger partial charge in [0.05, 0.1) is 21.4 Å². The topological polar surface area (TPSA) is 86.2 Å². The predicted molar refractivity (Wildman–Crippen MR) is 65.3 cm³/mol. The average molecular weight is 240 g/mol. The Kier molecular flexibility index (Phi) is 4.06.